The van der Waals surface area contributed by atoms with Crippen LogP contribution in [0.15, 0.2) is 61.4 Å². The minimum atomic E-state index is -0.308. The first-order valence-corrected chi connectivity index (χ1v) is 12.7. The number of carbonyl (C=O) groups excluding carboxylic acids is 1. The third-order valence-corrected chi connectivity index (χ3v) is 6.22. The first-order chi connectivity index (χ1) is 18.6. The van der Waals surface area contributed by atoms with Gasteiger partial charge >= 0.3 is 0 Å². The molecule has 3 N–H and O–H groups in total. The maximum atomic E-state index is 12.3. The van der Waals surface area contributed by atoms with E-state index in [4.69, 9.17) is 9.72 Å². The van der Waals surface area contributed by atoms with Gasteiger partial charge in [0.25, 0.3) is 0 Å². The van der Waals surface area contributed by atoms with E-state index in [1.54, 1.807) is 13.3 Å². The predicted molar refractivity (Wildman–Crippen MR) is 158 cm³/mol. The van der Waals surface area contributed by atoms with E-state index in [0.29, 0.717) is 23.1 Å². The average Bonchev–Trinajstić information content (AvgIpc) is 3.28. The summed E-state index contributed by atoms with van der Waals surface area (Å²) in [5, 5.41) is 15.0. The molecule has 4 aromatic rings. The second-order valence-corrected chi connectivity index (χ2v) is 10.3. The summed E-state index contributed by atoms with van der Waals surface area (Å²) < 4.78 is 7.55. The molecular formula is C29H36N8O2. The molecule has 10 heteroatoms. The summed E-state index contributed by atoms with van der Waals surface area (Å²) in [4.78, 5) is 23.5. The van der Waals surface area contributed by atoms with Gasteiger partial charge in [-0.3, -0.25) is 9.48 Å². The molecule has 0 atom stereocenters. The van der Waals surface area contributed by atoms with E-state index in [9.17, 15) is 4.79 Å². The Morgan fingerprint density at radius 2 is 1.97 bits per heavy atom. The second-order valence-electron chi connectivity index (χ2n) is 10.3. The number of aromatic nitrogens is 4. The van der Waals surface area contributed by atoms with Crippen molar-refractivity contribution in [2.75, 3.05) is 42.8 Å². The number of amides is 1. The SMILES string of the molecule is C=CC(=O)Nc1cc(Nc2nccc(-c3ccc4c(cnn4C)c3)n2)c(OC)cc1N(C)CCNC(C)(C)C. The molecule has 0 fully saturated rings. The van der Waals surface area contributed by atoms with Crippen molar-refractivity contribution < 1.29 is 9.53 Å². The fourth-order valence-corrected chi connectivity index (χ4v) is 4.18. The van der Waals surface area contributed by atoms with Gasteiger partial charge in [-0.15, -0.1) is 0 Å². The number of methoxy groups -OCH3 is 1. The van der Waals surface area contributed by atoms with Crippen molar-refractivity contribution in [3.63, 3.8) is 0 Å². The largest absolute Gasteiger partial charge is 0.494 e. The van der Waals surface area contributed by atoms with Crippen molar-refractivity contribution in [3.05, 3.63) is 61.4 Å². The standard InChI is InChI=1S/C29H36N8O2/c1-8-27(38)33-22-16-23(26(39-7)17-25(22)36(5)14-13-31-29(2,3)4)35-28-30-12-11-21(34-28)19-9-10-24-20(15-19)18-32-37(24)6/h8-12,15-18,31H,1,13-14H2,2-7H3,(H,33,38)(H,30,34,35). The van der Waals surface area contributed by atoms with Gasteiger partial charge in [0, 0.05) is 55.9 Å². The first-order valence-electron chi connectivity index (χ1n) is 12.7. The van der Waals surface area contributed by atoms with E-state index in [1.807, 2.05) is 55.3 Å². The van der Waals surface area contributed by atoms with Gasteiger partial charge < -0.3 is 25.6 Å². The molecule has 0 aliphatic heterocycles. The van der Waals surface area contributed by atoms with E-state index in [2.05, 4.69) is 64.3 Å². The number of likely N-dealkylation sites (N-methyl/N-ethyl adjacent to an activating group) is 1. The highest BCUT2D eigenvalue weighted by Gasteiger charge is 2.17. The van der Waals surface area contributed by atoms with Crippen LogP contribution < -0.4 is 25.6 Å². The minimum Gasteiger partial charge on any atom is -0.494 e. The Labute approximate surface area is 229 Å². The van der Waals surface area contributed by atoms with Gasteiger partial charge in [-0.25, -0.2) is 9.97 Å². The molecule has 0 bridgehead atoms. The topological polar surface area (TPSA) is 109 Å². The molecule has 10 nitrogen and oxygen atoms in total. The Hall–Kier alpha value is -4.44. The van der Waals surface area contributed by atoms with Crippen LogP contribution in [0.4, 0.5) is 23.0 Å². The normalized spacial score (nSPS) is 11.3. The number of hydrogen-bond acceptors (Lipinski definition) is 8. The average molecular weight is 529 g/mol. The third kappa shape index (κ3) is 6.71. The number of aryl methyl sites for hydroxylation is 1. The quantitative estimate of drug-likeness (QED) is 0.254. The molecule has 2 heterocycles. The minimum absolute atomic E-state index is 0.00443. The zero-order chi connectivity index (χ0) is 28.2. The Morgan fingerprint density at radius 3 is 2.69 bits per heavy atom. The molecular weight excluding hydrogens is 492 g/mol. The lowest BCUT2D eigenvalue weighted by Gasteiger charge is -2.27. The van der Waals surface area contributed by atoms with Crippen LogP contribution >= 0.6 is 0 Å². The molecule has 0 saturated carbocycles. The molecule has 2 aromatic carbocycles. The maximum absolute atomic E-state index is 12.3. The van der Waals surface area contributed by atoms with Crippen molar-refractivity contribution in [1.29, 1.82) is 0 Å². The lowest BCUT2D eigenvalue weighted by atomic mass is 10.1. The Balaban J connectivity index is 1.64. The van der Waals surface area contributed by atoms with E-state index < -0.39 is 0 Å². The van der Waals surface area contributed by atoms with E-state index >= 15 is 0 Å². The summed E-state index contributed by atoms with van der Waals surface area (Å²) >= 11 is 0. The lowest BCUT2D eigenvalue weighted by molar-refractivity contribution is -0.111. The molecule has 204 valence electrons. The Morgan fingerprint density at radius 1 is 1.18 bits per heavy atom. The summed E-state index contributed by atoms with van der Waals surface area (Å²) in [5.41, 5.74) is 4.80. The first kappa shape index (κ1) is 27.6. The Kier molecular flexibility index (Phi) is 8.15. The number of benzene rings is 2. The van der Waals surface area contributed by atoms with Gasteiger partial charge in [-0.1, -0.05) is 12.6 Å². The van der Waals surface area contributed by atoms with Gasteiger partial charge in [0.2, 0.25) is 11.9 Å². The summed E-state index contributed by atoms with van der Waals surface area (Å²) in [7, 11) is 5.49. The van der Waals surface area contributed by atoms with Gasteiger partial charge in [0.05, 0.1) is 41.6 Å². The van der Waals surface area contributed by atoms with Crippen LogP contribution in [0.1, 0.15) is 20.8 Å². The predicted octanol–water partition coefficient (Wildman–Crippen LogP) is 4.73. The van der Waals surface area contributed by atoms with Crippen molar-refractivity contribution in [2.24, 2.45) is 7.05 Å². The number of ether oxygens (including phenoxy) is 1. The van der Waals surface area contributed by atoms with Crippen LogP contribution in [0.2, 0.25) is 0 Å². The van der Waals surface area contributed by atoms with Crippen LogP contribution in [0.3, 0.4) is 0 Å². The number of nitrogens with one attached hydrogen (secondary N) is 3. The van der Waals surface area contributed by atoms with Crippen molar-refractivity contribution in [1.82, 2.24) is 25.1 Å². The molecule has 0 unspecified atom stereocenters. The summed E-state index contributed by atoms with van der Waals surface area (Å²) in [5.74, 6) is 0.675. The number of hydrogen-bond donors (Lipinski definition) is 3. The van der Waals surface area contributed by atoms with E-state index in [0.717, 1.165) is 40.9 Å². The number of rotatable bonds is 10. The van der Waals surface area contributed by atoms with Crippen molar-refractivity contribution in [3.8, 4) is 17.0 Å². The van der Waals surface area contributed by atoms with Crippen LogP contribution in [0.25, 0.3) is 22.2 Å². The highest BCUT2D eigenvalue weighted by molar-refractivity contribution is 6.02. The number of fused-ring (bicyclic) bond motifs is 1. The second kappa shape index (κ2) is 11.5. The molecule has 1 amide bonds. The highest BCUT2D eigenvalue weighted by Crippen LogP contribution is 2.38. The molecule has 4 rings (SSSR count). The smallest absolute Gasteiger partial charge is 0.247 e. The third-order valence-electron chi connectivity index (χ3n) is 6.22. The molecule has 0 aliphatic rings. The summed E-state index contributed by atoms with van der Waals surface area (Å²) in [6, 6.07) is 11.7. The van der Waals surface area contributed by atoms with Gasteiger partial charge in [0.1, 0.15) is 5.75 Å². The van der Waals surface area contributed by atoms with Crippen LogP contribution in [0, 0.1) is 0 Å². The van der Waals surface area contributed by atoms with Gasteiger partial charge in [-0.2, -0.15) is 5.10 Å². The molecule has 0 spiro atoms. The molecule has 0 radical (unpaired) electrons. The molecule has 0 saturated heterocycles. The van der Waals surface area contributed by atoms with E-state index in [1.165, 1.54) is 6.08 Å². The van der Waals surface area contributed by atoms with Crippen LogP contribution in [-0.2, 0) is 11.8 Å². The number of nitrogens with zero attached hydrogens (tertiary/aromatic N) is 5. The van der Waals surface area contributed by atoms with E-state index in [-0.39, 0.29) is 11.4 Å². The van der Waals surface area contributed by atoms with Crippen molar-refractivity contribution >= 4 is 39.8 Å². The summed E-state index contributed by atoms with van der Waals surface area (Å²) in [6.45, 7) is 11.5. The molecule has 0 aliphatic carbocycles. The number of carbonyl (C=O) groups is 1. The fraction of sp³-hybridized carbons (Fsp3) is 0.310. The molecule has 2 aromatic heterocycles. The van der Waals surface area contributed by atoms with Gasteiger partial charge in [0.15, 0.2) is 0 Å². The highest BCUT2D eigenvalue weighted by atomic mass is 16.5. The van der Waals surface area contributed by atoms with Crippen LogP contribution in [-0.4, -0.2) is 58.4 Å². The lowest BCUT2D eigenvalue weighted by Crippen LogP contribution is -2.40. The van der Waals surface area contributed by atoms with Crippen LogP contribution in [0.5, 0.6) is 5.75 Å². The van der Waals surface area contributed by atoms with Crippen molar-refractivity contribution in [2.45, 2.75) is 26.3 Å². The molecule has 39 heavy (non-hydrogen) atoms. The maximum Gasteiger partial charge on any atom is 0.247 e. The number of anilines is 4. The Bertz CT molecular complexity index is 1490. The zero-order valence-electron chi connectivity index (χ0n) is 23.4. The fourth-order valence-electron chi connectivity index (χ4n) is 4.18. The summed E-state index contributed by atoms with van der Waals surface area (Å²) in [6.07, 6.45) is 4.78. The monoisotopic (exact) mass is 528 g/mol. The van der Waals surface area contributed by atoms with Gasteiger partial charge in [-0.05, 0) is 51.1 Å². The zero-order valence-corrected chi connectivity index (χ0v) is 23.4.